The van der Waals surface area contributed by atoms with Crippen molar-refractivity contribution in [2.75, 3.05) is 0 Å². The van der Waals surface area contributed by atoms with Crippen molar-refractivity contribution < 1.29 is 57.9 Å². The van der Waals surface area contributed by atoms with E-state index in [4.69, 9.17) is 17.7 Å². The maximum absolute atomic E-state index is 13.6. The highest BCUT2D eigenvalue weighted by atomic mass is 16.4. The summed E-state index contributed by atoms with van der Waals surface area (Å²) in [6, 6.07) is 2.14. The third-order valence-electron chi connectivity index (χ3n) is 8.90. The van der Waals surface area contributed by atoms with Crippen LogP contribution in [0.25, 0.3) is 65.8 Å². The molecular weight excluding hydrogens is 744 g/mol. The molecule has 4 bridgehead atoms. The van der Waals surface area contributed by atoms with Gasteiger partial charge in [-0.3, -0.25) is 9.59 Å². The minimum Gasteiger partial charge on any atom is -0.506 e. The van der Waals surface area contributed by atoms with Gasteiger partial charge in [-0.2, -0.15) is 10.2 Å². The van der Waals surface area contributed by atoms with Gasteiger partial charge in [0.15, 0.2) is 44.4 Å². The molecule has 0 amide bonds. The zero-order chi connectivity index (χ0) is 40.3. The summed E-state index contributed by atoms with van der Waals surface area (Å²) < 4.78 is 23.2. The first-order valence-corrected chi connectivity index (χ1v) is 15.9. The van der Waals surface area contributed by atoms with Crippen LogP contribution in [0.15, 0.2) is 73.8 Å². The molecular formula is C36H24N4O16. The topological polar surface area (TPSA) is 334 Å². The summed E-state index contributed by atoms with van der Waals surface area (Å²) >= 11 is 0. The van der Waals surface area contributed by atoms with Gasteiger partial charge in [-0.05, 0) is 37.1 Å². The van der Waals surface area contributed by atoms with Gasteiger partial charge in [-0.1, -0.05) is 0 Å². The summed E-state index contributed by atoms with van der Waals surface area (Å²) in [6.45, 7) is 0.613. The molecule has 0 radical (unpaired) electrons. The molecule has 0 saturated heterocycles. The third kappa shape index (κ3) is 5.56. The molecule has 20 heteroatoms. The van der Waals surface area contributed by atoms with Crippen LogP contribution in [-0.4, -0.2) is 63.0 Å². The largest absolute Gasteiger partial charge is 0.506 e. The Hall–Kier alpha value is -7.84. The zero-order valence-electron chi connectivity index (χ0n) is 28.5. The van der Waals surface area contributed by atoms with Gasteiger partial charge in [0, 0.05) is 12.4 Å². The Balaban J connectivity index is 1.87. The van der Waals surface area contributed by atoms with Crippen molar-refractivity contribution in [3.05, 3.63) is 112 Å². The fourth-order valence-electron chi connectivity index (χ4n) is 6.35. The number of aliphatic hydroxyl groups is 2. The van der Waals surface area contributed by atoms with Crippen LogP contribution in [-0.2, 0) is 13.2 Å². The van der Waals surface area contributed by atoms with Crippen molar-refractivity contribution in [1.29, 1.82) is 0 Å². The smallest absolute Gasteiger partial charge is 0.347 e. The number of benzene rings is 4. The summed E-state index contributed by atoms with van der Waals surface area (Å²) in [4.78, 5) is 79.1. The van der Waals surface area contributed by atoms with E-state index >= 15 is 0 Å². The molecule has 0 saturated carbocycles. The fourth-order valence-corrected chi connectivity index (χ4v) is 6.35. The molecule has 56 heavy (non-hydrogen) atoms. The number of carboxylic acids is 2. The Labute approximate surface area is 306 Å². The highest BCUT2D eigenvalue weighted by Crippen LogP contribution is 2.38. The van der Waals surface area contributed by atoms with E-state index < -0.39 is 125 Å². The van der Waals surface area contributed by atoms with Crippen LogP contribution in [0, 0.1) is 13.8 Å². The number of aromatic carboxylic acids is 2. The van der Waals surface area contributed by atoms with E-state index in [1.54, 1.807) is 0 Å². The van der Waals surface area contributed by atoms with Gasteiger partial charge >= 0.3 is 23.2 Å². The standard InChI is InChI=1S/C36H24N4O16/c1-11-3-19(43)13-5-37-38-6-14-20(44)4-12(2)22-28(14)54-30-16(24(34(49)50)26(46)18(10-42)32(30)56-36(22)52)8-40-39-7-15-23(33(47)48)25(45)17(9-41)31-29(15)53-27(13)21(11)35(51)55-31/h3-8,37-38,41-42,45-46H,9-10H2,1-2H3,(H,47,48)(H,49,50). The van der Waals surface area contributed by atoms with Crippen LogP contribution in [0.3, 0.4) is 0 Å². The second-order valence-corrected chi connectivity index (χ2v) is 12.1. The number of carbonyl (C=O) groups is 2. The number of aromatic hydroxyl groups is 2. The first kappa shape index (κ1) is 36.5. The van der Waals surface area contributed by atoms with Crippen molar-refractivity contribution in [2.24, 2.45) is 0 Å². The second kappa shape index (κ2) is 13.5. The van der Waals surface area contributed by atoms with Gasteiger partial charge in [-0.15, -0.1) is 0 Å². The molecule has 4 aromatic carbocycles. The van der Waals surface area contributed by atoms with Crippen molar-refractivity contribution in [1.82, 2.24) is 20.4 Å². The highest BCUT2D eigenvalue weighted by Gasteiger charge is 2.27. The van der Waals surface area contributed by atoms with E-state index in [1.165, 1.54) is 13.8 Å². The number of carboxylic acid groups (broad SMARTS) is 2. The predicted octanol–water partition coefficient (Wildman–Crippen LogP) is 3.08. The number of nitrogens with zero attached hydrogens (tertiary/aromatic N) is 2. The number of hydrogen-bond acceptors (Lipinski definition) is 16. The molecule has 3 aromatic heterocycles. The molecule has 7 rings (SSSR count). The van der Waals surface area contributed by atoms with Crippen LogP contribution in [0.2, 0.25) is 0 Å². The second-order valence-electron chi connectivity index (χ2n) is 12.1. The lowest BCUT2D eigenvalue weighted by molar-refractivity contribution is 0.0684. The maximum atomic E-state index is 13.6. The van der Waals surface area contributed by atoms with Gasteiger partial charge in [0.25, 0.3) is 0 Å². The molecule has 0 spiro atoms. The summed E-state index contributed by atoms with van der Waals surface area (Å²) in [6.07, 6.45) is 3.40. The molecule has 7 aromatic rings. The molecule has 0 unspecified atom stereocenters. The SMILES string of the molecule is Cc1cc(=O)c2c[nH][nH]cc3c(=O)cc(C)c4c(=O)oc5c(CO)c(O)c(C(=O)O)c(cnncc6c(C(=O)O)c(O)c(CO)c7oc(=O)c1c2oc67)c5oc34. The maximum Gasteiger partial charge on any atom is 0.347 e. The van der Waals surface area contributed by atoms with Crippen LogP contribution >= 0.6 is 0 Å². The number of aryl methyl sites for hydroxylation is 2. The number of rotatable bonds is 4. The number of aromatic nitrogens is 4. The van der Waals surface area contributed by atoms with Crippen LogP contribution in [0.4, 0.5) is 0 Å². The predicted molar refractivity (Wildman–Crippen MR) is 193 cm³/mol. The number of H-pyrrole nitrogens is 2. The van der Waals surface area contributed by atoms with Crippen molar-refractivity contribution in [2.45, 2.75) is 27.1 Å². The summed E-state index contributed by atoms with van der Waals surface area (Å²) in [5.74, 6) is -5.73. The molecule has 8 N–H and O–H groups in total. The van der Waals surface area contributed by atoms with E-state index in [9.17, 15) is 59.4 Å². The number of hydrogen-bond donors (Lipinski definition) is 8. The number of aliphatic hydroxyl groups excluding tert-OH is 2. The first-order chi connectivity index (χ1) is 26.7. The van der Waals surface area contributed by atoms with Gasteiger partial charge in [0.05, 0.1) is 58.3 Å². The zero-order valence-corrected chi connectivity index (χ0v) is 28.5. The number of nitrogens with one attached hydrogen (secondary N) is 2. The monoisotopic (exact) mass is 768 g/mol. The Morgan fingerprint density at radius 2 is 0.964 bits per heavy atom. The Morgan fingerprint density at radius 3 is 1.30 bits per heavy atom. The Bertz CT molecular complexity index is 3110. The molecule has 0 fully saturated rings. The minimum atomic E-state index is -1.80. The van der Waals surface area contributed by atoms with Crippen molar-refractivity contribution >= 4 is 77.8 Å². The molecule has 3 heterocycles. The summed E-state index contributed by atoms with van der Waals surface area (Å²) in [5, 5.41) is 72.8. The molecule has 0 atom stereocenters. The lowest BCUT2D eigenvalue weighted by Crippen LogP contribution is -2.06. The summed E-state index contributed by atoms with van der Waals surface area (Å²) in [5.41, 5.74) is -10.2. The van der Waals surface area contributed by atoms with Gasteiger partial charge in [-0.25, -0.2) is 19.2 Å². The van der Waals surface area contributed by atoms with Crippen molar-refractivity contribution in [3.8, 4) is 11.5 Å². The van der Waals surface area contributed by atoms with E-state index in [1.807, 2.05) is 0 Å². The average Bonchev–Trinajstić information content (AvgIpc) is 3.37. The van der Waals surface area contributed by atoms with Crippen molar-refractivity contribution in [3.63, 3.8) is 0 Å². The lowest BCUT2D eigenvalue weighted by atomic mass is 10.0. The van der Waals surface area contributed by atoms with E-state index in [-0.39, 0.29) is 32.7 Å². The normalized spacial score (nSPS) is 11.4. The van der Waals surface area contributed by atoms with Crippen LogP contribution in [0.1, 0.15) is 43.0 Å². The quantitative estimate of drug-likeness (QED) is 0.127. The highest BCUT2D eigenvalue weighted by molar-refractivity contribution is 6.11. The molecule has 0 aliphatic rings. The van der Waals surface area contributed by atoms with Crippen LogP contribution < -0.4 is 22.1 Å². The number of phenols is 2. The fraction of sp³-hybridized carbons (Fsp3) is 0.111. The third-order valence-corrected chi connectivity index (χ3v) is 8.90. The summed E-state index contributed by atoms with van der Waals surface area (Å²) in [7, 11) is 0. The molecule has 0 aliphatic carbocycles. The molecule has 284 valence electrons. The van der Waals surface area contributed by atoms with Gasteiger partial charge < -0.3 is 58.5 Å². The first-order valence-electron chi connectivity index (χ1n) is 15.9. The van der Waals surface area contributed by atoms with E-state index in [0.717, 1.165) is 24.5 Å². The van der Waals surface area contributed by atoms with Gasteiger partial charge in [0.1, 0.15) is 33.4 Å². The Morgan fingerprint density at radius 1 is 0.589 bits per heavy atom. The molecule has 20 nitrogen and oxygen atoms in total. The van der Waals surface area contributed by atoms with Gasteiger partial charge in [0.2, 0.25) is 0 Å². The molecule has 0 aliphatic heterocycles. The lowest BCUT2D eigenvalue weighted by Gasteiger charge is -2.08. The minimum absolute atomic E-state index is 0.0527. The van der Waals surface area contributed by atoms with E-state index in [2.05, 4.69) is 20.4 Å². The van der Waals surface area contributed by atoms with E-state index in [0.29, 0.717) is 12.4 Å². The average molecular weight is 769 g/mol. The number of aromatic amines is 2. The van der Waals surface area contributed by atoms with Crippen LogP contribution in [0.5, 0.6) is 11.5 Å². The Kier molecular flexibility index (Phi) is 8.83.